The Kier molecular flexibility index (Phi) is 6.44. The van der Waals surface area contributed by atoms with Crippen molar-refractivity contribution in [1.82, 2.24) is 4.98 Å². The van der Waals surface area contributed by atoms with Gasteiger partial charge in [-0.2, -0.15) is 0 Å². The van der Waals surface area contributed by atoms with E-state index in [1.54, 1.807) is 0 Å². The first kappa shape index (κ1) is 30.3. The lowest BCUT2D eigenvalue weighted by Gasteiger charge is -2.26. The maximum atomic E-state index is 6.37. The fraction of sp³-hybridized carbons (Fsp3) is 0. The fourth-order valence-corrected chi connectivity index (χ4v) is 9.18. The Labute approximate surface area is 317 Å². The number of hydrogen-bond acceptors (Lipinski definition) is 6. The lowest BCUT2D eigenvalue weighted by atomic mass is 10.0. The van der Waals surface area contributed by atoms with Crippen LogP contribution in [0.15, 0.2) is 183 Å². The number of rotatable bonds is 5. The molecule has 55 heavy (non-hydrogen) atoms. The predicted octanol–water partition coefficient (Wildman–Crippen LogP) is 14.8. The summed E-state index contributed by atoms with van der Waals surface area (Å²) in [5.74, 6) is 0.597. The zero-order valence-electron chi connectivity index (χ0n) is 29.2. The van der Waals surface area contributed by atoms with E-state index in [0.717, 1.165) is 88.7 Å². The van der Waals surface area contributed by atoms with Gasteiger partial charge in [-0.3, -0.25) is 0 Å². The van der Waals surface area contributed by atoms with Crippen molar-refractivity contribution in [3.8, 4) is 22.6 Å². The summed E-state index contributed by atoms with van der Waals surface area (Å²) in [5, 5.41) is 6.72. The van der Waals surface area contributed by atoms with Gasteiger partial charge in [0.2, 0.25) is 5.89 Å². The third-order valence-electron chi connectivity index (χ3n) is 10.7. The molecule has 0 fully saturated rings. The molecule has 0 aliphatic rings. The Balaban J connectivity index is 0.984. The van der Waals surface area contributed by atoms with Crippen LogP contribution in [0.2, 0.25) is 0 Å². The zero-order chi connectivity index (χ0) is 36.0. The topological polar surface area (TPSA) is 55.6 Å². The fourth-order valence-electron chi connectivity index (χ4n) is 8.09. The van der Waals surface area contributed by atoms with Crippen molar-refractivity contribution < 1.29 is 13.3 Å². The van der Waals surface area contributed by atoms with E-state index in [1.807, 2.05) is 65.9 Å². The summed E-state index contributed by atoms with van der Waals surface area (Å²) in [4.78, 5) is 7.27. The van der Waals surface area contributed by atoms with Crippen LogP contribution < -0.4 is 4.90 Å². The molecule has 0 atom stereocenters. The highest BCUT2D eigenvalue weighted by molar-refractivity contribution is 7.25. The summed E-state index contributed by atoms with van der Waals surface area (Å²) >= 11 is 1.83. The summed E-state index contributed by atoms with van der Waals surface area (Å²) in [5.41, 5.74) is 11.2. The third kappa shape index (κ3) is 4.75. The normalized spacial score (nSPS) is 12.0. The van der Waals surface area contributed by atoms with Gasteiger partial charge >= 0.3 is 0 Å². The van der Waals surface area contributed by atoms with Gasteiger partial charge in [0, 0.05) is 65.0 Å². The molecule has 12 aromatic rings. The van der Waals surface area contributed by atoms with Crippen molar-refractivity contribution in [2.75, 3.05) is 4.90 Å². The quantitative estimate of drug-likeness (QED) is 0.177. The van der Waals surface area contributed by atoms with E-state index in [4.69, 9.17) is 18.2 Å². The Bertz CT molecular complexity index is 3440. The van der Waals surface area contributed by atoms with Crippen LogP contribution in [0.5, 0.6) is 0 Å². The van der Waals surface area contributed by atoms with Gasteiger partial charge in [0.25, 0.3) is 0 Å². The number of hydrogen-bond donors (Lipinski definition) is 0. The molecule has 8 aromatic carbocycles. The van der Waals surface area contributed by atoms with Crippen LogP contribution in [-0.4, -0.2) is 4.98 Å². The van der Waals surface area contributed by atoms with E-state index in [0.29, 0.717) is 5.89 Å². The molecule has 4 heterocycles. The monoisotopic (exact) mass is 724 g/mol. The summed E-state index contributed by atoms with van der Waals surface area (Å²) in [7, 11) is 0. The predicted molar refractivity (Wildman–Crippen MR) is 227 cm³/mol. The second-order valence-electron chi connectivity index (χ2n) is 13.9. The Morgan fingerprint density at radius 1 is 0.382 bits per heavy atom. The first-order valence-corrected chi connectivity index (χ1v) is 19.1. The minimum absolute atomic E-state index is 0.597. The molecule has 0 N–H and O–H groups in total. The number of benzene rings is 8. The van der Waals surface area contributed by atoms with Gasteiger partial charge in [0.1, 0.15) is 27.8 Å². The van der Waals surface area contributed by atoms with Crippen LogP contribution >= 0.6 is 11.3 Å². The maximum absolute atomic E-state index is 6.37. The van der Waals surface area contributed by atoms with Crippen LogP contribution in [0, 0.1) is 0 Å². The smallest absolute Gasteiger partial charge is 0.227 e. The Morgan fingerprint density at radius 3 is 1.95 bits per heavy atom. The number of fused-ring (bicyclic) bond motifs is 11. The van der Waals surface area contributed by atoms with Gasteiger partial charge in [0.15, 0.2) is 5.58 Å². The van der Waals surface area contributed by atoms with Crippen molar-refractivity contribution in [3.63, 3.8) is 0 Å². The van der Waals surface area contributed by atoms with Gasteiger partial charge in [-0.15, -0.1) is 11.3 Å². The molecule has 258 valence electrons. The van der Waals surface area contributed by atoms with E-state index in [2.05, 4.69) is 120 Å². The van der Waals surface area contributed by atoms with E-state index < -0.39 is 0 Å². The highest BCUT2D eigenvalue weighted by atomic mass is 32.1. The minimum Gasteiger partial charge on any atom is -0.456 e. The molecular formula is C49H28N2O3S. The first-order valence-electron chi connectivity index (χ1n) is 18.3. The first-order chi connectivity index (χ1) is 27.2. The number of aromatic nitrogens is 1. The molecular weight excluding hydrogens is 697 g/mol. The molecule has 0 saturated heterocycles. The molecule has 0 saturated carbocycles. The van der Waals surface area contributed by atoms with Crippen molar-refractivity contribution in [2.24, 2.45) is 0 Å². The largest absolute Gasteiger partial charge is 0.456 e. The van der Waals surface area contributed by atoms with Gasteiger partial charge in [-0.1, -0.05) is 72.8 Å². The molecule has 0 aliphatic heterocycles. The molecule has 0 amide bonds. The lowest BCUT2D eigenvalue weighted by molar-refractivity contribution is 0.619. The zero-order valence-corrected chi connectivity index (χ0v) is 30.0. The number of para-hydroxylation sites is 1. The van der Waals surface area contributed by atoms with Gasteiger partial charge < -0.3 is 18.2 Å². The van der Waals surface area contributed by atoms with E-state index in [-0.39, 0.29) is 0 Å². The van der Waals surface area contributed by atoms with Crippen molar-refractivity contribution in [3.05, 3.63) is 170 Å². The molecule has 0 unspecified atom stereocenters. The number of furan rings is 2. The number of thiophene rings is 1. The SMILES string of the molecule is c1ccc(-c2nc3c(ccc4oc5ccc(-c6ccc(N(c7ccc8c(c7)oc7ccccc78)c7ccc8sc9ccccc9c8c7)cc6)cc5c43)o2)cc1. The van der Waals surface area contributed by atoms with Crippen molar-refractivity contribution in [1.29, 1.82) is 0 Å². The molecule has 0 bridgehead atoms. The second-order valence-corrected chi connectivity index (χ2v) is 15.0. The van der Waals surface area contributed by atoms with Crippen LogP contribution in [0.25, 0.3) is 97.7 Å². The van der Waals surface area contributed by atoms with E-state index >= 15 is 0 Å². The standard InChI is InChI=1S/C49H28N2O3S/c1-2-8-30(9-3-1)49-50-48-43(54-49)24-23-42-47(48)39-26-31(16-22-41(39)52-42)29-14-17-32(18-15-29)51(33-20-25-46-38(27-33)37-11-5-7-13-45(37)55-46)34-19-21-36-35-10-4-6-12-40(35)53-44(36)28-34/h1-28H. The van der Waals surface area contributed by atoms with Crippen LogP contribution in [0.1, 0.15) is 0 Å². The van der Waals surface area contributed by atoms with Crippen molar-refractivity contribution in [2.45, 2.75) is 0 Å². The molecule has 0 spiro atoms. The van der Waals surface area contributed by atoms with Crippen molar-refractivity contribution >= 4 is 104 Å². The van der Waals surface area contributed by atoms with Gasteiger partial charge in [0.05, 0.1) is 5.39 Å². The molecule has 5 nitrogen and oxygen atoms in total. The molecule has 0 aliphatic carbocycles. The molecule has 4 aromatic heterocycles. The highest BCUT2D eigenvalue weighted by Gasteiger charge is 2.19. The highest BCUT2D eigenvalue weighted by Crippen LogP contribution is 2.43. The molecule has 12 rings (SSSR count). The summed E-state index contributed by atoms with van der Waals surface area (Å²) < 4.78 is 21.5. The summed E-state index contributed by atoms with van der Waals surface area (Å²) in [6.45, 7) is 0. The number of oxazole rings is 1. The second kappa shape index (κ2) is 11.7. The third-order valence-corrected chi connectivity index (χ3v) is 11.9. The average molecular weight is 725 g/mol. The average Bonchev–Trinajstić information content (AvgIpc) is 4.02. The van der Waals surface area contributed by atoms with Crippen LogP contribution in [0.3, 0.4) is 0 Å². The van der Waals surface area contributed by atoms with Crippen LogP contribution in [0.4, 0.5) is 17.1 Å². The summed E-state index contributed by atoms with van der Waals surface area (Å²) in [6, 6.07) is 59.3. The van der Waals surface area contributed by atoms with E-state index in [9.17, 15) is 0 Å². The van der Waals surface area contributed by atoms with Gasteiger partial charge in [-0.05, 0) is 102 Å². The van der Waals surface area contributed by atoms with E-state index in [1.165, 1.54) is 20.2 Å². The minimum atomic E-state index is 0.597. The maximum Gasteiger partial charge on any atom is 0.227 e. The Morgan fingerprint density at radius 2 is 1.04 bits per heavy atom. The number of nitrogens with zero attached hydrogens (tertiary/aromatic N) is 2. The van der Waals surface area contributed by atoms with Crippen LogP contribution in [-0.2, 0) is 0 Å². The lowest BCUT2D eigenvalue weighted by Crippen LogP contribution is -2.09. The molecule has 0 radical (unpaired) electrons. The molecule has 6 heteroatoms. The van der Waals surface area contributed by atoms with Gasteiger partial charge in [-0.25, -0.2) is 4.98 Å². The summed E-state index contributed by atoms with van der Waals surface area (Å²) in [6.07, 6.45) is 0. The Hall–Kier alpha value is -7.15. The number of anilines is 3.